The van der Waals surface area contributed by atoms with E-state index in [-0.39, 0.29) is 12.3 Å². The Morgan fingerprint density at radius 3 is 2.36 bits per heavy atom. The van der Waals surface area contributed by atoms with Gasteiger partial charge in [0.2, 0.25) is 5.91 Å². The highest BCUT2D eigenvalue weighted by Crippen LogP contribution is 2.07. The molecule has 0 saturated carbocycles. The Labute approximate surface area is 127 Å². The number of carbonyl (C=O) groups is 2. The Kier molecular flexibility index (Phi) is 4.83. The van der Waals surface area contributed by atoms with E-state index in [1.165, 1.54) is 12.4 Å². The van der Waals surface area contributed by atoms with Crippen LogP contribution in [0.25, 0.3) is 0 Å². The van der Waals surface area contributed by atoms with Crippen LogP contribution in [-0.4, -0.2) is 22.8 Å². The van der Waals surface area contributed by atoms with Crippen LogP contribution in [-0.2, 0) is 11.2 Å². The van der Waals surface area contributed by atoms with Crippen molar-refractivity contribution in [2.75, 3.05) is 0 Å². The van der Waals surface area contributed by atoms with Crippen molar-refractivity contribution in [3.8, 4) is 6.07 Å². The van der Waals surface area contributed by atoms with Gasteiger partial charge < -0.3 is 11.1 Å². The summed E-state index contributed by atoms with van der Waals surface area (Å²) in [4.78, 5) is 27.4. The first-order valence-electron chi connectivity index (χ1n) is 6.59. The molecule has 6 heteroatoms. The molecule has 1 aromatic carbocycles. The molecule has 0 saturated heterocycles. The van der Waals surface area contributed by atoms with E-state index >= 15 is 0 Å². The van der Waals surface area contributed by atoms with Crippen molar-refractivity contribution >= 4 is 11.8 Å². The second kappa shape index (κ2) is 6.99. The Morgan fingerprint density at radius 1 is 1.18 bits per heavy atom. The number of nitrogens with two attached hydrogens (primary N) is 1. The summed E-state index contributed by atoms with van der Waals surface area (Å²) < 4.78 is 0. The number of primary amides is 1. The van der Waals surface area contributed by atoms with E-state index in [1.54, 1.807) is 36.4 Å². The molecule has 0 aliphatic carbocycles. The van der Waals surface area contributed by atoms with Crippen LogP contribution in [0.4, 0.5) is 0 Å². The summed E-state index contributed by atoms with van der Waals surface area (Å²) in [6.45, 7) is 0. The number of hydrogen-bond acceptors (Lipinski definition) is 4. The number of aromatic nitrogens is 1. The normalized spacial score (nSPS) is 11.2. The van der Waals surface area contributed by atoms with Gasteiger partial charge in [-0.25, -0.2) is 0 Å². The Balaban J connectivity index is 2.08. The molecule has 0 unspecified atom stereocenters. The average Bonchev–Trinajstić information content (AvgIpc) is 2.55. The van der Waals surface area contributed by atoms with Crippen molar-refractivity contribution in [2.24, 2.45) is 5.73 Å². The molecular formula is C16H14N4O2. The zero-order valence-corrected chi connectivity index (χ0v) is 11.7. The number of benzene rings is 1. The van der Waals surface area contributed by atoms with Gasteiger partial charge in [-0.3, -0.25) is 14.6 Å². The molecule has 1 atom stereocenters. The minimum Gasteiger partial charge on any atom is -0.368 e. The van der Waals surface area contributed by atoms with E-state index < -0.39 is 11.9 Å². The largest absolute Gasteiger partial charge is 0.368 e. The summed E-state index contributed by atoms with van der Waals surface area (Å²) in [5.74, 6) is -1.01. The molecular weight excluding hydrogens is 280 g/mol. The molecule has 2 amide bonds. The van der Waals surface area contributed by atoms with Gasteiger partial charge in [-0.15, -0.1) is 0 Å². The fourth-order valence-electron chi connectivity index (χ4n) is 1.92. The lowest BCUT2D eigenvalue weighted by molar-refractivity contribution is -0.119. The molecule has 0 radical (unpaired) electrons. The highest BCUT2D eigenvalue weighted by molar-refractivity contribution is 5.97. The molecule has 22 heavy (non-hydrogen) atoms. The van der Waals surface area contributed by atoms with Crippen LogP contribution in [0.15, 0.2) is 48.8 Å². The highest BCUT2D eigenvalue weighted by Gasteiger charge is 2.19. The summed E-state index contributed by atoms with van der Waals surface area (Å²) in [5, 5.41) is 11.4. The van der Waals surface area contributed by atoms with Gasteiger partial charge in [0.25, 0.3) is 5.91 Å². The summed E-state index contributed by atoms with van der Waals surface area (Å²) in [5.41, 5.74) is 7.08. The van der Waals surface area contributed by atoms with E-state index in [2.05, 4.69) is 10.3 Å². The third-order valence-corrected chi connectivity index (χ3v) is 3.11. The fraction of sp³-hybridized carbons (Fsp3) is 0.125. The quantitative estimate of drug-likeness (QED) is 0.849. The van der Waals surface area contributed by atoms with Crippen LogP contribution >= 0.6 is 0 Å². The predicted octanol–water partition coefficient (Wildman–Crippen LogP) is 0.780. The number of pyridine rings is 1. The lowest BCUT2D eigenvalue weighted by atomic mass is 10.0. The maximum atomic E-state index is 12.1. The molecule has 0 aliphatic heterocycles. The van der Waals surface area contributed by atoms with Crippen molar-refractivity contribution in [3.05, 3.63) is 65.5 Å². The average molecular weight is 294 g/mol. The van der Waals surface area contributed by atoms with Gasteiger partial charge in [0, 0.05) is 24.4 Å². The van der Waals surface area contributed by atoms with Gasteiger partial charge in [0.1, 0.15) is 6.04 Å². The van der Waals surface area contributed by atoms with Crippen LogP contribution in [0.2, 0.25) is 0 Å². The third kappa shape index (κ3) is 3.90. The van der Waals surface area contributed by atoms with E-state index in [9.17, 15) is 9.59 Å². The van der Waals surface area contributed by atoms with E-state index in [0.717, 1.165) is 5.56 Å². The summed E-state index contributed by atoms with van der Waals surface area (Å²) >= 11 is 0. The van der Waals surface area contributed by atoms with Gasteiger partial charge in [-0.2, -0.15) is 5.26 Å². The van der Waals surface area contributed by atoms with Crippen molar-refractivity contribution in [1.82, 2.24) is 10.3 Å². The topological polar surface area (TPSA) is 109 Å². The molecule has 0 spiro atoms. The first kappa shape index (κ1) is 15.2. The van der Waals surface area contributed by atoms with E-state index in [1.807, 2.05) is 6.07 Å². The minimum absolute atomic E-state index is 0.262. The lowest BCUT2D eigenvalue weighted by Gasteiger charge is -2.15. The maximum absolute atomic E-state index is 12.1. The number of rotatable bonds is 5. The Hall–Kier alpha value is -3.20. The minimum atomic E-state index is -0.825. The summed E-state index contributed by atoms with van der Waals surface area (Å²) in [6, 6.07) is 11.1. The van der Waals surface area contributed by atoms with Gasteiger partial charge >= 0.3 is 0 Å². The van der Waals surface area contributed by atoms with Gasteiger partial charge in [-0.1, -0.05) is 12.1 Å². The molecule has 0 aliphatic rings. The first-order valence-corrected chi connectivity index (χ1v) is 6.59. The molecule has 2 aromatic rings. The van der Waals surface area contributed by atoms with Crippen molar-refractivity contribution in [2.45, 2.75) is 12.5 Å². The number of carbonyl (C=O) groups excluding carboxylic acids is 2. The van der Waals surface area contributed by atoms with Crippen LogP contribution in [0, 0.1) is 11.3 Å². The highest BCUT2D eigenvalue weighted by atomic mass is 16.2. The zero-order chi connectivity index (χ0) is 15.9. The molecule has 3 N–H and O–H groups in total. The Bertz CT molecular complexity index is 705. The van der Waals surface area contributed by atoms with Gasteiger partial charge in [0.05, 0.1) is 11.6 Å². The first-order chi connectivity index (χ1) is 10.6. The standard InChI is InChI=1S/C16H14N4O2/c17-10-12-3-1-11(2-4-12)9-14(15(18)21)20-16(22)13-5-7-19-8-6-13/h1-8,14H,9H2,(H2,18,21)(H,20,22)/t14-/m1/s1. The molecule has 0 fully saturated rings. The summed E-state index contributed by atoms with van der Waals surface area (Å²) in [6.07, 6.45) is 3.25. The van der Waals surface area contributed by atoms with Crippen molar-refractivity contribution in [3.63, 3.8) is 0 Å². The van der Waals surface area contributed by atoms with Crippen molar-refractivity contribution in [1.29, 1.82) is 5.26 Å². The molecule has 2 rings (SSSR count). The fourth-order valence-corrected chi connectivity index (χ4v) is 1.92. The molecule has 1 aromatic heterocycles. The van der Waals surface area contributed by atoms with Crippen LogP contribution in [0.1, 0.15) is 21.5 Å². The van der Waals surface area contributed by atoms with Gasteiger partial charge in [0.15, 0.2) is 0 Å². The van der Waals surface area contributed by atoms with Crippen LogP contribution in [0.3, 0.4) is 0 Å². The third-order valence-electron chi connectivity index (χ3n) is 3.11. The Morgan fingerprint density at radius 2 is 1.82 bits per heavy atom. The summed E-state index contributed by atoms with van der Waals surface area (Å²) in [7, 11) is 0. The number of amides is 2. The SMILES string of the molecule is N#Cc1ccc(C[C@@H](NC(=O)c2ccncc2)C(N)=O)cc1. The molecule has 6 nitrogen and oxygen atoms in total. The molecule has 110 valence electrons. The second-order valence-electron chi connectivity index (χ2n) is 4.68. The smallest absolute Gasteiger partial charge is 0.252 e. The monoisotopic (exact) mass is 294 g/mol. The predicted molar refractivity (Wildman–Crippen MR) is 79.5 cm³/mol. The lowest BCUT2D eigenvalue weighted by Crippen LogP contribution is -2.45. The van der Waals surface area contributed by atoms with E-state index in [0.29, 0.717) is 11.1 Å². The number of nitrogens with one attached hydrogen (secondary N) is 1. The number of hydrogen-bond donors (Lipinski definition) is 2. The van der Waals surface area contributed by atoms with Crippen molar-refractivity contribution < 1.29 is 9.59 Å². The number of nitriles is 1. The van der Waals surface area contributed by atoms with Crippen LogP contribution < -0.4 is 11.1 Å². The molecule has 1 heterocycles. The number of nitrogens with zero attached hydrogens (tertiary/aromatic N) is 2. The van der Waals surface area contributed by atoms with Gasteiger partial charge in [-0.05, 0) is 29.8 Å². The maximum Gasteiger partial charge on any atom is 0.252 e. The molecule has 0 bridgehead atoms. The zero-order valence-electron chi connectivity index (χ0n) is 11.7. The van der Waals surface area contributed by atoms with E-state index in [4.69, 9.17) is 11.0 Å². The van der Waals surface area contributed by atoms with Crippen LogP contribution in [0.5, 0.6) is 0 Å². The second-order valence-corrected chi connectivity index (χ2v) is 4.68.